The van der Waals surface area contributed by atoms with Crippen LogP contribution in [0.15, 0.2) is 47.3 Å². The zero-order valence-electron chi connectivity index (χ0n) is 15.2. The highest BCUT2D eigenvalue weighted by Crippen LogP contribution is 2.31. The Labute approximate surface area is 157 Å². The minimum Gasteiger partial charge on any atom is -0.347 e. The highest BCUT2D eigenvalue weighted by molar-refractivity contribution is 5.76. The highest BCUT2D eigenvalue weighted by atomic mass is 16.7. The number of hydrogen-bond donors (Lipinski definition) is 0. The van der Waals surface area contributed by atoms with E-state index in [0.29, 0.717) is 39.1 Å². The number of hydrogen-bond acceptors (Lipinski definition) is 5. The van der Waals surface area contributed by atoms with E-state index in [0.717, 1.165) is 11.3 Å². The number of carbonyl (C=O) groups is 1. The number of amides is 1. The lowest BCUT2D eigenvalue weighted by atomic mass is 10.0. The van der Waals surface area contributed by atoms with Crippen LogP contribution in [0.3, 0.4) is 0 Å². The Balaban J connectivity index is 1.37. The summed E-state index contributed by atoms with van der Waals surface area (Å²) in [4.78, 5) is 26.5. The molecular formula is C20H23N3O4. The molecule has 1 amide bonds. The predicted molar refractivity (Wildman–Crippen MR) is 99.0 cm³/mol. The molecule has 142 valence electrons. The van der Waals surface area contributed by atoms with Crippen LogP contribution in [-0.4, -0.2) is 52.7 Å². The molecule has 0 bridgehead atoms. The maximum absolute atomic E-state index is 12.5. The van der Waals surface area contributed by atoms with Gasteiger partial charge in [-0.05, 0) is 6.07 Å². The summed E-state index contributed by atoms with van der Waals surface area (Å²) >= 11 is 0. The highest BCUT2D eigenvalue weighted by Gasteiger charge is 2.40. The third-order valence-electron chi connectivity index (χ3n) is 5.17. The molecule has 0 atom stereocenters. The summed E-state index contributed by atoms with van der Waals surface area (Å²) in [5.74, 6) is -0.458. The molecular weight excluding hydrogens is 346 g/mol. The summed E-state index contributed by atoms with van der Waals surface area (Å²) in [6, 6.07) is 12.9. The lowest BCUT2D eigenvalue weighted by molar-refractivity contribution is -0.187. The molecule has 7 nitrogen and oxygen atoms in total. The van der Waals surface area contributed by atoms with E-state index in [2.05, 4.69) is 5.10 Å². The van der Waals surface area contributed by atoms with Gasteiger partial charge in [-0.2, -0.15) is 5.10 Å². The van der Waals surface area contributed by atoms with Crippen LogP contribution < -0.4 is 5.56 Å². The van der Waals surface area contributed by atoms with Crippen LogP contribution in [0, 0.1) is 0 Å². The molecule has 3 heterocycles. The van der Waals surface area contributed by atoms with E-state index >= 15 is 0 Å². The molecule has 0 N–H and O–H groups in total. The van der Waals surface area contributed by atoms with Crippen LogP contribution in [0.25, 0.3) is 11.3 Å². The number of nitrogens with zero attached hydrogens (tertiary/aromatic N) is 3. The number of carbonyl (C=O) groups excluding carboxylic acids is 1. The van der Waals surface area contributed by atoms with Gasteiger partial charge in [-0.1, -0.05) is 30.3 Å². The van der Waals surface area contributed by atoms with Crippen LogP contribution in [0.2, 0.25) is 0 Å². The number of likely N-dealkylation sites (tertiary alicyclic amines) is 1. The summed E-state index contributed by atoms with van der Waals surface area (Å²) in [6.45, 7) is 2.75. The Morgan fingerprint density at radius 1 is 1.04 bits per heavy atom. The third-order valence-corrected chi connectivity index (χ3v) is 5.17. The maximum atomic E-state index is 12.5. The van der Waals surface area contributed by atoms with E-state index in [4.69, 9.17) is 9.47 Å². The minimum absolute atomic E-state index is 0.0293. The van der Waals surface area contributed by atoms with Gasteiger partial charge in [0.05, 0.1) is 25.5 Å². The van der Waals surface area contributed by atoms with Crippen molar-refractivity contribution in [2.45, 2.75) is 31.6 Å². The van der Waals surface area contributed by atoms with Gasteiger partial charge in [0.2, 0.25) is 5.91 Å². The number of piperidine rings is 1. The Morgan fingerprint density at radius 3 is 2.44 bits per heavy atom. The van der Waals surface area contributed by atoms with Crippen molar-refractivity contribution in [2.75, 3.05) is 26.3 Å². The molecule has 1 aromatic carbocycles. The summed E-state index contributed by atoms with van der Waals surface area (Å²) in [5, 5.41) is 4.41. The maximum Gasteiger partial charge on any atom is 0.266 e. The Bertz CT molecular complexity index is 849. The van der Waals surface area contributed by atoms with E-state index in [1.165, 1.54) is 10.7 Å². The Hall–Kier alpha value is -2.51. The van der Waals surface area contributed by atoms with Crippen molar-refractivity contribution in [2.24, 2.45) is 0 Å². The second-order valence-corrected chi connectivity index (χ2v) is 6.88. The second kappa shape index (κ2) is 7.62. The van der Waals surface area contributed by atoms with E-state index in [9.17, 15) is 9.59 Å². The predicted octanol–water partition coefficient (Wildman–Crippen LogP) is 1.67. The molecule has 2 fully saturated rings. The molecule has 2 aliphatic heterocycles. The zero-order chi connectivity index (χ0) is 18.7. The van der Waals surface area contributed by atoms with Crippen molar-refractivity contribution < 1.29 is 14.3 Å². The first-order chi connectivity index (χ1) is 13.2. The van der Waals surface area contributed by atoms with Crippen LogP contribution >= 0.6 is 0 Å². The van der Waals surface area contributed by atoms with Crippen LogP contribution in [0.1, 0.15) is 19.3 Å². The van der Waals surface area contributed by atoms with E-state index in [-0.39, 0.29) is 24.4 Å². The van der Waals surface area contributed by atoms with Gasteiger partial charge in [-0.25, -0.2) is 4.68 Å². The lowest BCUT2D eigenvalue weighted by Gasteiger charge is -2.37. The van der Waals surface area contributed by atoms with Crippen molar-refractivity contribution in [3.8, 4) is 11.3 Å². The summed E-state index contributed by atoms with van der Waals surface area (Å²) in [6.07, 6.45) is 1.64. The smallest absolute Gasteiger partial charge is 0.266 e. The van der Waals surface area contributed by atoms with Gasteiger partial charge in [0, 0.05) is 44.0 Å². The molecule has 0 radical (unpaired) electrons. The van der Waals surface area contributed by atoms with Crippen LogP contribution in [0.5, 0.6) is 0 Å². The van der Waals surface area contributed by atoms with Crippen LogP contribution in [-0.2, 0) is 20.8 Å². The second-order valence-electron chi connectivity index (χ2n) is 6.88. The third kappa shape index (κ3) is 3.94. The average molecular weight is 369 g/mol. The van der Waals surface area contributed by atoms with E-state index < -0.39 is 5.79 Å². The first kappa shape index (κ1) is 17.9. The fourth-order valence-corrected chi connectivity index (χ4v) is 3.61. The minimum atomic E-state index is -0.487. The topological polar surface area (TPSA) is 73.7 Å². The summed E-state index contributed by atoms with van der Waals surface area (Å²) in [7, 11) is 0. The van der Waals surface area contributed by atoms with Gasteiger partial charge < -0.3 is 14.4 Å². The fourth-order valence-electron chi connectivity index (χ4n) is 3.61. The first-order valence-corrected chi connectivity index (χ1v) is 9.35. The van der Waals surface area contributed by atoms with Gasteiger partial charge in [0.1, 0.15) is 0 Å². The molecule has 0 saturated carbocycles. The quantitative estimate of drug-likeness (QED) is 0.820. The van der Waals surface area contributed by atoms with Crippen molar-refractivity contribution in [3.63, 3.8) is 0 Å². The fraction of sp³-hybridized carbons (Fsp3) is 0.450. The molecule has 2 saturated heterocycles. The number of aryl methyl sites for hydroxylation is 1. The van der Waals surface area contributed by atoms with Crippen molar-refractivity contribution in [1.82, 2.24) is 14.7 Å². The monoisotopic (exact) mass is 369 g/mol. The van der Waals surface area contributed by atoms with Crippen LogP contribution in [0.4, 0.5) is 0 Å². The average Bonchev–Trinajstić information content (AvgIpc) is 3.16. The number of ether oxygens (including phenoxy) is 2. The van der Waals surface area contributed by atoms with Crippen molar-refractivity contribution >= 4 is 5.91 Å². The normalized spacial score (nSPS) is 18.7. The number of aromatic nitrogens is 2. The SMILES string of the molecule is O=C(CCn1nc(-c2ccccc2)ccc1=O)N1CCC2(CC1)OCCO2. The Kier molecular flexibility index (Phi) is 5.05. The molecule has 27 heavy (non-hydrogen) atoms. The molecule has 4 rings (SSSR count). The molecule has 2 aliphatic rings. The van der Waals surface area contributed by atoms with E-state index in [1.807, 2.05) is 35.2 Å². The largest absolute Gasteiger partial charge is 0.347 e. The Morgan fingerprint density at radius 2 is 1.74 bits per heavy atom. The molecule has 1 aromatic heterocycles. The standard InChI is InChI=1S/C20H23N3O4/c24-18(22-12-9-20(10-13-22)26-14-15-27-20)8-11-23-19(25)7-6-17(21-23)16-4-2-1-3-5-16/h1-7H,8-15H2. The van der Waals surface area contributed by atoms with Gasteiger partial charge in [0.15, 0.2) is 5.79 Å². The summed E-state index contributed by atoms with van der Waals surface area (Å²) in [5.41, 5.74) is 1.46. The molecule has 1 spiro atoms. The summed E-state index contributed by atoms with van der Waals surface area (Å²) < 4.78 is 12.8. The molecule has 7 heteroatoms. The molecule has 0 unspecified atom stereocenters. The van der Waals surface area contributed by atoms with Gasteiger partial charge >= 0.3 is 0 Å². The first-order valence-electron chi connectivity index (χ1n) is 9.35. The zero-order valence-corrected chi connectivity index (χ0v) is 15.2. The molecule has 0 aliphatic carbocycles. The molecule has 2 aromatic rings. The van der Waals surface area contributed by atoms with Crippen molar-refractivity contribution in [3.05, 3.63) is 52.8 Å². The lowest BCUT2D eigenvalue weighted by Crippen LogP contribution is -2.47. The van der Waals surface area contributed by atoms with E-state index in [1.54, 1.807) is 6.07 Å². The van der Waals surface area contributed by atoms with Gasteiger partial charge in [-0.3, -0.25) is 9.59 Å². The number of benzene rings is 1. The van der Waals surface area contributed by atoms with Gasteiger partial charge in [-0.15, -0.1) is 0 Å². The van der Waals surface area contributed by atoms with Gasteiger partial charge in [0.25, 0.3) is 5.56 Å². The van der Waals surface area contributed by atoms with Crippen molar-refractivity contribution in [1.29, 1.82) is 0 Å². The number of rotatable bonds is 4.